The summed E-state index contributed by atoms with van der Waals surface area (Å²) in [4.78, 5) is 26.6. The standard InChI is InChI=1S/C31H33F3N2O5/c1-19-13-24(41-12-10-21-7-5-4-6-8-21)14-20(2)29(19)30(39)35-26-15-22(16-28(37)38)27(17-25(26)31(32,33)34)36-11-9-23(18-36)40-3/h4-8,13-15,17,23H,9-12,16,18H2,1-3H3,(H,35,39)(H,37,38)/t23-/m0/s1. The molecule has 1 fully saturated rings. The summed E-state index contributed by atoms with van der Waals surface area (Å²) in [6, 6.07) is 15.2. The highest BCUT2D eigenvalue weighted by molar-refractivity contribution is 6.07. The summed E-state index contributed by atoms with van der Waals surface area (Å²) >= 11 is 0. The molecule has 2 N–H and O–H groups in total. The van der Waals surface area contributed by atoms with Gasteiger partial charge in [-0.3, -0.25) is 9.59 Å². The lowest BCUT2D eigenvalue weighted by atomic mass is 9.99. The number of aryl methyl sites for hydroxylation is 2. The van der Waals surface area contributed by atoms with Crippen LogP contribution in [0.25, 0.3) is 0 Å². The van der Waals surface area contributed by atoms with Crippen LogP contribution in [-0.2, 0) is 28.5 Å². The summed E-state index contributed by atoms with van der Waals surface area (Å²) < 4.78 is 53.9. The molecule has 0 saturated carbocycles. The summed E-state index contributed by atoms with van der Waals surface area (Å²) in [6.07, 6.45) is -4.16. The van der Waals surface area contributed by atoms with Crippen molar-refractivity contribution in [3.63, 3.8) is 0 Å². The number of benzene rings is 3. The lowest BCUT2D eigenvalue weighted by Gasteiger charge is -2.25. The lowest BCUT2D eigenvalue weighted by Crippen LogP contribution is -2.25. The van der Waals surface area contributed by atoms with Gasteiger partial charge in [-0.05, 0) is 66.8 Å². The molecule has 1 amide bonds. The maximum Gasteiger partial charge on any atom is 0.418 e. The van der Waals surface area contributed by atoms with Crippen LogP contribution in [0.3, 0.4) is 0 Å². The first kappa shape index (κ1) is 29.9. The van der Waals surface area contributed by atoms with Gasteiger partial charge in [-0.1, -0.05) is 30.3 Å². The number of carbonyl (C=O) groups is 2. The molecule has 1 atom stereocenters. The van der Waals surface area contributed by atoms with Crippen LogP contribution in [0.1, 0.15) is 44.6 Å². The van der Waals surface area contributed by atoms with E-state index in [1.165, 1.54) is 7.11 Å². The van der Waals surface area contributed by atoms with E-state index in [-0.39, 0.29) is 22.9 Å². The zero-order valence-corrected chi connectivity index (χ0v) is 23.2. The van der Waals surface area contributed by atoms with Gasteiger partial charge in [0.15, 0.2) is 0 Å². The number of ether oxygens (including phenoxy) is 2. The van der Waals surface area contributed by atoms with E-state index >= 15 is 0 Å². The minimum Gasteiger partial charge on any atom is -0.493 e. The number of hydrogen-bond acceptors (Lipinski definition) is 5. The zero-order chi connectivity index (χ0) is 29.7. The number of amides is 1. The molecular weight excluding hydrogens is 537 g/mol. The van der Waals surface area contributed by atoms with Crippen LogP contribution in [0, 0.1) is 13.8 Å². The van der Waals surface area contributed by atoms with Crippen LogP contribution in [0.5, 0.6) is 5.75 Å². The normalized spacial score (nSPS) is 15.2. The van der Waals surface area contributed by atoms with E-state index in [0.717, 1.165) is 17.7 Å². The molecule has 7 nitrogen and oxygen atoms in total. The number of rotatable bonds is 10. The van der Waals surface area contributed by atoms with Gasteiger partial charge in [-0.2, -0.15) is 13.2 Å². The minimum atomic E-state index is -4.79. The number of aliphatic carboxylic acids is 1. The number of nitrogens with zero attached hydrogens (tertiary/aromatic N) is 1. The molecule has 0 radical (unpaired) electrons. The van der Waals surface area contributed by atoms with Crippen molar-refractivity contribution in [3.8, 4) is 5.75 Å². The van der Waals surface area contributed by atoms with E-state index in [2.05, 4.69) is 5.32 Å². The van der Waals surface area contributed by atoms with Gasteiger partial charge >= 0.3 is 12.1 Å². The average Bonchev–Trinajstić information content (AvgIpc) is 3.37. The van der Waals surface area contributed by atoms with Crippen molar-refractivity contribution in [1.29, 1.82) is 0 Å². The van der Waals surface area contributed by atoms with Gasteiger partial charge in [-0.15, -0.1) is 0 Å². The molecule has 218 valence electrons. The molecule has 41 heavy (non-hydrogen) atoms. The number of methoxy groups -OCH3 is 1. The third-order valence-corrected chi connectivity index (χ3v) is 7.17. The molecule has 4 rings (SSSR count). The Balaban J connectivity index is 1.60. The highest BCUT2D eigenvalue weighted by Crippen LogP contribution is 2.40. The zero-order valence-electron chi connectivity index (χ0n) is 23.2. The van der Waals surface area contributed by atoms with Crippen molar-refractivity contribution < 1.29 is 37.3 Å². The molecule has 0 aromatic heterocycles. The molecule has 1 heterocycles. The molecule has 0 unspecified atom stereocenters. The van der Waals surface area contributed by atoms with Crippen molar-refractivity contribution >= 4 is 23.3 Å². The Morgan fingerprint density at radius 2 is 1.76 bits per heavy atom. The third kappa shape index (κ3) is 7.38. The molecule has 3 aromatic carbocycles. The molecule has 1 saturated heterocycles. The highest BCUT2D eigenvalue weighted by Gasteiger charge is 2.37. The van der Waals surface area contributed by atoms with Gasteiger partial charge in [0.1, 0.15) is 5.75 Å². The fraction of sp³-hybridized carbons (Fsp3) is 0.355. The Bertz CT molecular complexity index is 1390. The van der Waals surface area contributed by atoms with Gasteiger partial charge in [0.05, 0.1) is 30.4 Å². The fourth-order valence-corrected chi connectivity index (χ4v) is 5.19. The summed E-state index contributed by atoms with van der Waals surface area (Å²) in [5.41, 5.74) is 1.22. The van der Waals surface area contributed by atoms with Crippen molar-refractivity contribution in [1.82, 2.24) is 0 Å². The molecule has 0 aliphatic carbocycles. The maximum absolute atomic E-state index is 14.2. The fourth-order valence-electron chi connectivity index (χ4n) is 5.19. The number of carboxylic acid groups (broad SMARTS) is 1. The largest absolute Gasteiger partial charge is 0.493 e. The van der Waals surface area contributed by atoms with E-state index in [4.69, 9.17) is 9.47 Å². The van der Waals surface area contributed by atoms with Crippen LogP contribution in [0.2, 0.25) is 0 Å². The molecule has 1 aliphatic heterocycles. The Labute approximate surface area is 236 Å². The first-order valence-electron chi connectivity index (χ1n) is 13.3. The minimum absolute atomic E-state index is 0.168. The second-order valence-electron chi connectivity index (χ2n) is 10.2. The van der Waals surface area contributed by atoms with Crippen LogP contribution in [0.4, 0.5) is 24.5 Å². The van der Waals surface area contributed by atoms with Crippen LogP contribution in [0.15, 0.2) is 54.6 Å². The molecule has 10 heteroatoms. The van der Waals surface area contributed by atoms with Crippen molar-refractivity contribution in [2.45, 2.75) is 45.4 Å². The number of alkyl halides is 3. The average molecular weight is 571 g/mol. The Morgan fingerprint density at radius 1 is 1.07 bits per heavy atom. The molecule has 0 bridgehead atoms. The van der Waals surface area contributed by atoms with E-state index in [1.807, 2.05) is 30.3 Å². The Hall–Kier alpha value is -4.05. The Kier molecular flexibility index (Phi) is 9.22. The second kappa shape index (κ2) is 12.6. The van der Waals surface area contributed by atoms with Crippen molar-refractivity contribution in [2.24, 2.45) is 0 Å². The second-order valence-corrected chi connectivity index (χ2v) is 10.2. The van der Waals surface area contributed by atoms with E-state index < -0.39 is 35.7 Å². The quantitative estimate of drug-likeness (QED) is 0.309. The highest BCUT2D eigenvalue weighted by atomic mass is 19.4. The summed E-state index contributed by atoms with van der Waals surface area (Å²) in [6.45, 7) is 4.56. The van der Waals surface area contributed by atoms with Gasteiger partial charge in [-0.25, -0.2) is 0 Å². The molecule has 3 aromatic rings. The number of anilines is 2. The number of carboxylic acids is 1. The van der Waals surface area contributed by atoms with Gasteiger partial charge in [0, 0.05) is 37.9 Å². The predicted octanol–water partition coefficient (Wildman–Crippen LogP) is 6.05. The van der Waals surface area contributed by atoms with Gasteiger partial charge in [0.2, 0.25) is 0 Å². The summed E-state index contributed by atoms with van der Waals surface area (Å²) in [7, 11) is 1.53. The number of halogens is 3. The van der Waals surface area contributed by atoms with Crippen LogP contribution in [-0.4, -0.2) is 49.9 Å². The predicted molar refractivity (Wildman–Crippen MR) is 150 cm³/mol. The van der Waals surface area contributed by atoms with Gasteiger partial charge in [0.25, 0.3) is 5.91 Å². The summed E-state index contributed by atoms with van der Waals surface area (Å²) in [5, 5.41) is 11.9. The molecule has 0 spiro atoms. The SMILES string of the molecule is CO[C@H]1CCN(c2cc(C(F)(F)F)c(NC(=O)c3c(C)cc(OCCc4ccccc4)cc3C)cc2CC(=O)O)C1. The topological polar surface area (TPSA) is 88.1 Å². The van der Waals surface area contributed by atoms with Crippen molar-refractivity contribution in [3.05, 3.63) is 88.0 Å². The monoisotopic (exact) mass is 570 g/mol. The lowest BCUT2D eigenvalue weighted by molar-refractivity contribution is -0.137. The maximum atomic E-state index is 14.2. The van der Waals surface area contributed by atoms with Crippen LogP contribution >= 0.6 is 0 Å². The molecular formula is C31H33F3N2O5. The first-order chi connectivity index (χ1) is 19.5. The van der Waals surface area contributed by atoms with Crippen molar-refractivity contribution in [2.75, 3.05) is 37.0 Å². The number of carbonyl (C=O) groups excluding carboxylic acids is 1. The number of hydrogen-bond donors (Lipinski definition) is 2. The first-order valence-corrected chi connectivity index (χ1v) is 13.3. The van der Waals surface area contributed by atoms with Gasteiger partial charge < -0.3 is 24.8 Å². The van der Waals surface area contributed by atoms with E-state index in [0.29, 0.717) is 49.4 Å². The Morgan fingerprint density at radius 3 is 2.34 bits per heavy atom. The smallest absolute Gasteiger partial charge is 0.418 e. The van der Waals surface area contributed by atoms with E-state index in [1.54, 1.807) is 30.9 Å². The number of nitrogens with one attached hydrogen (secondary N) is 1. The van der Waals surface area contributed by atoms with E-state index in [9.17, 15) is 27.9 Å². The van der Waals surface area contributed by atoms with Crippen LogP contribution < -0.4 is 15.0 Å². The summed E-state index contributed by atoms with van der Waals surface area (Å²) in [5.74, 6) is -1.37. The molecule has 1 aliphatic rings. The third-order valence-electron chi connectivity index (χ3n) is 7.17.